The lowest BCUT2D eigenvalue weighted by molar-refractivity contribution is 0.960. The van der Waals surface area contributed by atoms with E-state index in [1.807, 2.05) is 24.3 Å². The van der Waals surface area contributed by atoms with E-state index >= 15 is 0 Å². The van der Waals surface area contributed by atoms with Crippen molar-refractivity contribution in [2.24, 2.45) is 5.73 Å². The molecule has 2 rings (SSSR count). The minimum absolute atomic E-state index is 0.122. The van der Waals surface area contributed by atoms with Gasteiger partial charge in [-0.2, -0.15) is 17.7 Å². The number of thiol groups is 1. The van der Waals surface area contributed by atoms with Crippen molar-refractivity contribution in [2.45, 2.75) is 5.25 Å². The van der Waals surface area contributed by atoms with Gasteiger partial charge in [0.2, 0.25) is 0 Å². The Bertz CT molecular complexity index is 478. The van der Waals surface area contributed by atoms with Crippen LogP contribution in [0.3, 0.4) is 0 Å². The number of H-pyrrole nitrogens is 1. The van der Waals surface area contributed by atoms with Gasteiger partial charge in [-0.05, 0) is 5.56 Å². The number of aromatic amines is 1. The molecule has 0 fully saturated rings. The van der Waals surface area contributed by atoms with Crippen LogP contribution in [-0.4, -0.2) is 20.2 Å². The van der Waals surface area contributed by atoms with Crippen LogP contribution in [0, 0.1) is 0 Å². The molecule has 1 aromatic carbocycles. The molecule has 0 radical (unpaired) electrons. The summed E-state index contributed by atoms with van der Waals surface area (Å²) in [6, 6.07) is 7.60. The van der Waals surface area contributed by atoms with Crippen molar-refractivity contribution < 1.29 is 0 Å². The van der Waals surface area contributed by atoms with E-state index in [2.05, 4.69) is 27.8 Å². The second-order valence-corrected chi connectivity index (χ2v) is 4.22. The fourth-order valence-electron chi connectivity index (χ4n) is 1.33. The van der Waals surface area contributed by atoms with Crippen molar-refractivity contribution in [1.29, 1.82) is 0 Å². The van der Waals surface area contributed by atoms with Gasteiger partial charge in [-0.15, -0.1) is 0 Å². The molecule has 1 heterocycles. The maximum atomic E-state index is 5.52. The largest absolute Gasteiger partial charge is 0.389 e. The molecule has 0 spiro atoms. The zero-order valence-electron chi connectivity index (χ0n) is 8.29. The summed E-state index contributed by atoms with van der Waals surface area (Å²) in [6.45, 7) is 0. The lowest BCUT2D eigenvalue weighted by Gasteiger charge is -2.08. The highest BCUT2D eigenvalue weighted by atomic mass is 32.1. The molecule has 82 valence electrons. The second kappa shape index (κ2) is 4.63. The predicted molar refractivity (Wildman–Crippen MR) is 69.5 cm³/mol. The van der Waals surface area contributed by atoms with Gasteiger partial charge in [-0.25, -0.2) is 4.98 Å². The van der Waals surface area contributed by atoms with Gasteiger partial charge in [-0.1, -0.05) is 36.5 Å². The maximum absolute atomic E-state index is 5.52. The molecule has 2 aromatic rings. The lowest BCUT2D eigenvalue weighted by Crippen LogP contribution is -2.09. The molecule has 0 bridgehead atoms. The number of nitrogens with zero attached hydrogens (tertiary/aromatic N) is 2. The molecule has 0 amide bonds. The first-order valence-corrected chi connectivity index (χ1v) is 5.54. The lowest BCUT2D eigenvalue weighted by atomic mass is 10.1. The molecule has 1 aromatic heterocycles. The van der Waals surface area contributed by atoms with Crippen LogP contribution in [0.2, 0.25) is 0 Å². The van der Waals surface area contributed by atoms with E-state index in [0.29, 0.717) is 10.8 Å². The summed E-state index contributed by atoms with van der Waals surface area (Å²) in [5.74, 6) is 0.714. The Morgan fingerprint density at radius 3 is 2.56 bits per heavy atom. The summed E-state index contributed by atoms with van der Waals surface area (Å²) >= 11 is 9.34. The van der Waals surface area contributed by atoms with Crippen LogP contribution >= 0.6 is 24.8 Å². The summed E-state index contributed by atoms with van der Waals surface area (Å²) in [6.07, 6.45) is 1.46. The average molecular weight is 250 g/mol. The number of thiocarbonyl (C=S) groups is 1. The third-order valence-corrected chi connectivity index (χ3v) is 2.98. The molecule has 0 saturated heterocycles. The molecule has 0 aliphatic heterocycles. The van der Waals surface area contributed by atoms with Gasteiger partial charge >= 0.3 is 0 Å². The number of rotatable bonds is 3. The minimum atomic E-state index is -0.122. The molecule has 0 aliphatic rings. The van der Waals surface area contributed by atoms with Gasteiger partial charge in [0.05, 0.1) is 5.25 Å². The minimum Gasteiger partial charge on any atom is -0.389 e. The van der Waals surface area contributed by atoms with Gasteiger partial charge in [0.1, 0.15) is 17.1 Å². The van der Waals surface area contributed by atoms with Gasteiger partial charge in [-0.3, -0.25) is 5.10 Å². The summed E-state index contributed by atoms with van der Waals surface area (Å²) < 4.78 is 0. The van der Waals surface area contributed by atoms with Gasteiger partial charge in [0.15, 0.2) is 0 Å². The molecular weight excluding hydrogens is 240 g/mol. The van der Waals surface area contributed by atoms with E-state index in [1.165, 1.54) is 6.33 Å². The second-order valence-electron chi connectivity index (χ2n) is 3.26. The summed E-state index contributed by atoms with van der Waals surface area (Å²) in [5.41, 5.74) is 7.38. The van der Waals surface area contributed by atoms with E-state index in [0.717, 1.165) is 11.1 Å². The molecule has 1 atom stereocenters. The van der Waals surface area contributed by atoms with E-state index in [1.54, 1.807) is 0 Å². The SMILES string of the molecule is NC(=S)c1ccc(C(S)c2ncn[nH]2)cc1. The first kappa shape index (κ1) is 11.1. The highest BCUT2D eigenvalue weighted by Gasteiger charge is 2.11. The Kier molecular flexibility index (Phi) is 3.21. The number of hydrogen-bond acceptors (Lipinski definition) is 4. The first-order chi connectivity index (χ1) is 7.68. The third-order valence-electron chi connectivity index (χ3n) is 2.20. The van der Waals surface area contributed by atoms with Gasteiger partial charge in [0, 0.05) is 5.56 Å². The van der Waals surface area contributed by atoms with Gasteiger partial charge < -0.3 is 5.73 Å². The van der Waals surface area contributed by atoms with Crippen LogP contribution in [0.5, 0.6) is 0 Å². The van der Waals surface area contributed by atoms with Crippen LogP contribution in [0.4, 0.5) is 0 Å². The monoisotopic (exact) mass is 250 g/mol. The van der Waals surface area contributed by atoms with E-state index < -0.39 is 0 Å². The fourth-order valence-corrected chi connectivity index (χ4v) is 1.77. The van der Waals surface area contributed by atoms with Crippen molar-refractivity contribution in [1.82, 2.24) is 15.2 Å². The fraction of sp³-hybridized carbons (Fsp3) is 0.100. The molecule has 4 nitrogen and oxygen atoms in total. The van der Waals surface area contributed by atoms with Crippen LogP contribution < -0.4 is 5.73 Å². The Hall–Kier alpha value is -1.40. The van der Waals surface area contributed by atoms with Crippen molar-refractivity contribution in [2.75, 3.05) is 0 Å². The smallest absolute Gasteiger partial charge is 0.141 e. The van der Waals surface area contributed by atoms with Crippen molar-refractivity contribution in [3.05, 3.63) is 47.5 Å². The van der Waals surface area contributed by atoms with Crippen LogP contribution in [0.25, 0.3) is 0 Å². The average Bonchev–Trinajstić information content (AvgIpc) is 2.81. The van der Waals surface area contributed by atoms with Crippen molar-refractivity contribution in [3.8, 4) is 0 Å². The summed E-state index contributed by atoms with van der Waals surface area (Å²) in [7, 11) is 0. The van der Waals surface area contributed by atoms with Crippen LogP contribution in [-0.2, 0) is 0 Å². The van der Waals surface area contributed by atoms with E-state index in [-0.39, 0.29) is 5.25 Å². The number of benzene rings is 1. The van der Waals surface area contributed by atoms with E-state index in [4.69, 9.17) is 18.0 Å². The standard InChI is InChI=1S/C10H10N4S2/c11-9(16)7-3-1-6(2-4-7)8(15)10-12-5-13-14-10/h1-5,8,15H,(H2,11,16)(H,12,13,14). The van der Waals surface area contributed by atoms with E-state index in [9.17, 15) is 0 Å². The number of hydrogen-bond donors (Lipinski definition) is 3. The van der Waals surface area contributed by atoms with Crippen LogP contribution in [0.1, 0.15) is 22.2 Å². The molecule has 0 saturated carbocycles. The van der Waals surface area contributed by atoms with Crippen LogP contribution in [0.15, 0.2) is 30.6 Å². The first-order valence-electron chi connectivity index (χ1n) is 4.61. The Balaban J connectivity index is 2.25. The number of nitrogens with two attached hydrogens (primary N) is 1. The molecule has 0 aliphatic carbocycles. The highest BCUT2D eigenvalue weighted by Crippen LogP contribution is 2.25. The summed E-state index contributed by atoms with van der Waals surface area (Å²) in [4.78, 5) is 4.45. The van der Waals surface area contributed by atoms with Crippen molar-refractivity contribution in [3.63, 3.8) is 0 Å². The topological polar surface area (TPSA) is 67.6 Å². The maximum Gasteiger partial charge on any atom is 0.141 e. The molecule has 16 heavy (non-hydrogen) atoms. The number of aromatic nitrogens is 3. The molecule has 3 N–H and O–H groups in total. The highest BCUT2D eigenvalue weighted by molar-refractivity contribution is 7.81. The summed E-state index contributed by atoms with van der Waals surface area (Å²) in [5, 5.41) is 6.45. The van der Waals surface area contributed by atoms with Crippen molar-refractivity contribution >= 4 is 29.8 Å². The molecule has 6 heteroatoms. The molecule has 1 unspecified atom stereocenters. The van der Waals surface area contributed by atoms with Gasteiger partial charge in [0.25, 0.3) is 0 Å². The zero-order chi connectivity index (χ0) is 11.5. The Labute approximate surface area is 104 Å². The molecular formula is C10H10N4S2. The quantitative estimate of drug-likeness (QED) is 0.570. The Morgan fingerprint density at radius 1 is 1.38 bits per heavy atom. The zero-order valence-corrected chi connectivity index (χ0v) is 10.0. The number of nitrogens with one attached hydrogen (secondary N) is 1. The Morgan fingerprint density at radius 2 is 2.06 bits per heavy atom. The predicted octanol–water partition coefficient (Wildman–Crippen LogP) is 1.46. The normalized spacial score (nSPS) is 12.3. The third kappa shape index (κ3) is 2.23.